The van der Waals surface area contributed by atoms with Gasteiger partial charge in [0.25, 0.3) is 5.91 Å². The molecule has 0 atom stereocenters. The number of halogens is 1. The molecule has 184 valence electrons. The summed E-state index contributed by atoms with van der Waals surface area (Å²) in [5.74, 6) is -0.117. The highest BCUT2D eigenvalue weighted by Gasteiger charge is 2.19. The molecule has 3 aromatic rings. The maximum absolute atomic E-state index is 12.6. The molecule has 0 unspecified atom stereocenters. The first kappa shape index (κ1) is 26.0. The molecule has 0 fully saturated rings. The van der Waals surface area contributed by atoms with Crippen molar-refractivity contribution in [3.05, 3.63) is 52.4 Å². The second-order valence-electron chi connectivity index (χ2n) is 8.44. The number of aromatic nitrogens is 3. The quantitative estimate of drug-likeness (QED) is 0.384. The van der Waals surface area contributed by atoms with Gasteiger partial charge in [-0.05, 0) is 49.6 Å². The zero-order valence-electron chi connectivity index (χ0n) is 20.1. The minimum absolute atomic E-state index is 0.0235. The average molecular weight is 506 g/mol. The third-order valence-electron chi connectivity index (χ3n) is 5.65. The number of pyridine rings is 1. The zero-order valence-corrected chi connectivity index (χ0v) is 21.7. The highest BCUT2D eigenvalue weighted by Crippen LogP contribution is 2.26. The third-order valence-corrected chi connectivity index (χ3v) is 7.32. The summed E-state index contributed by atoms with van der Waals surface area (Å²) in [6.07, 6.45) is 3.23. The molecule has 1 N–H and O–H groups in total. The molecule has 0 aliphatic carbocycles. The van der Waals surface area contributed by atoms with Crippen LogP contribution in [0, 0.1) is 6.92 Å². The fourth-order valence-electron chi connectivity index (χ4n) is 3.75. The molecule has 0 spiro atoms. The number of fused-ring (bicyclic) bond motifs is 1. The Hall–Kier alpha value is -2.65. The predicted octanol–water partition coefficient (Wildman–Crippen LogP) is 4.54. The number of amides is 1. The van der Waals surface area contributed by atoms with E-state index in [0.29, 0.717) is 29.2 Å². The summed E-state index contributed by atoms with van der Waals surface area (Å²) in [6, 6.07) is 9.11. The monoisotopic (exact) mass is 505 g/mol. The van der Waals surface area contributed by atoms with Gasteiger partial charge < -0.3 is 9.47 Å². The minimum Gasteiger partial charge on any atom is -0.375 e. The van der Waals surface area contributed by atoms with Crippen LogP contribution in [0.3, 0.4) is 0 Å². The highest BCUT2D eigenvalue weighted by atomic mass is 35.5. The van der Waals surface area contributed by atoms with Crippen LogP contribution in [0.5, 0.6) is 0 Å². The summed E-state index contributed by atoms with van der Waals surface area (Å²) in [5, 5.41) is 0.633. The molecule has 10 heteroatoms. The molecule has 0 radical (unpaired) electrons. The lowest BCUT2D eigenvalue weighted by atomic mass is 10.2. The van der Waals surface area contributed by atoms with Crippen molar-refractivity contribution in [2.45, 2.75) is 53.0 Å². The first-order valence-corrected chi connectivity index (χ1v) is 13.6. The van der Waals surface area contributed by atoms with Crippen LogP contribution >= 0.6 is 11.6 Å². The maximum Gasteiger partial charge on any atom is 0.283 e. The molecule has 1 amide bonds. The van der Waals surface area contributed by atoms with Crippen LogP contribution in [0.25, 0.3) is 11.2 Å². The molecule has 0 bridgehead atoms. The minimum atomic E-state index is -3.71. The Bertz CT molecular complexity index is 1270. The van der Waals surface area contributed by atoms with Gasteiger partial charge in [-0.15, -0.1) is 0 Å². The van der Waals surface area contributed by atoms with Crippen LogP contribution in [0.4, 0.5) is 5.69 Å². The zero-order chi connectivity index (χ0) is 24.9. The van der Waals surface area contributed by atoms with Gasteiger partial charge in [0.15, 0.2) is 5.65 Å². The van der Waals surface area contributed by atoms with E-state index in [4.69, 9.17) is 11.6 Å². The molecule has 0 saturated carbocycles. The van der Waals surface area contributed by atoms with Gasteiger partial charge >= 0.3 is 0 Å². The van der Waals surface area contributed by atoms with Gasteiger partial charge in [0, 0.05) is 24.3 Å². The summed E-state index contributed by atoms with van der Waals surface area (Å²) >= 11 is 6.59. The lowest BCUT2D eigenvalue weighted by Gasteiger charge is -2.19. The number of unbranched alkanes of at least 4 members (excludes halogenated alkanes) is 2. The van der Waals surface area contributed by atoms with Crippen molar-refractivity contribution >= 4 is 44.4 Å². The second kappa shape index (κ2) is 11.2. The number of rotatable bonds is 11. The largest absolute Gasteiger partial charge is 0.375 e. The topological polar surface area (TPSA) is 97.2 Å². The highest BCUT2D eigenvalue weighted by molar-refractivity contribution is 7.90. The summed E-state index contributed by atoms with van der Waals surface area (Å²) in [7, 11) is -1.68. The standard InChI is InChI=1S/C24H32ClN5O3S/c1-5-7-8-14-34(32,33)28-24(31)22-12-11-21-23(27-22)30(17(3)26-21)16-18-9-10-19(15-20(18)25)29(4)13-6-2/h9-12,15H,5-8,13-14,16H2,1-4H3,(H,28,31). The molecule has 2 heterocycles. The van der Waals surface area contributed by atoms with Crippen molar-refractivity contribution in [3.8, 4) is 0 Å². The average Bonchev–Trinajstić information content (AvgIpc) is 3.09. The fourth-order valence-corrected chi connectivity index (χ4v) is 5.06. The molecule has 0 aliphatic rings. The van der Waals surface area contributed by atoms with E-state index in [1.54, 1.807) is 6.07 Å². The van der Waals surface area contributed by atoms with Gasteiger partial charge in [-0.1, -0.05) is 44.4 Å². The Morgan fingerprint density at radius 2 is 1.88 bits per heavy atom. The number of hydrogen-bond donors (Lipinski definition) is 1. The summed E-state index contributed by atoms with van der Waals surface area (Å²) in [4.78, 5) is 23.7. The molecular formula is C24H32ClN5O3S. The molecule has 3 rings (SSSR count). The van der Waals surface area contributed by atoms with Gasteiger partial charge in [0.05, 0.1) is 12.3 Å². The number of benzene rings is 1. The van der Waals surface area contributed by atoms with Crippen molar-refractivity contribution in [1.29, 1.82) is 0 Å². The van der Waals surface area contributed by atoms with Crippen molar-refractivity contribution in [2.75, 3.05) is 24.2 Å². The van der Waals surface area contributed by atoms with Crippen molar-refractivity contribution in [2.24, 2.45) is 0 Å². The molecule has 2 aromatic heterocycles. The molecule has 8 nitrogen and oxygen atoms in total. The van der Waals surface area contributed by atoms with E-state index in [2.05, 4.69) is 26.5 Å². The van der Waals surface area contributed by atoms with E-state index in [0.717, 1.165) is 42.9 Å². The lowest BCUT2D eigenvalue weighted by Crippen LogP contribution is -2.33. The number of sulfonamides is 1. The first-order chi connectivity index (χ1) is 16.1. The van der Waals surface area contributed by atoms with Gasteiger partial charge in [-0.3, -0.25) is 4.79 Å². The summed E-state index contributed by atoms with van der Waals surface area (Å²) in [5.41, 5.74) is 3.08. The van der Waals surface area contributed by atoms with Gasteiger partial charge in [-0.2, -0.15) is 0 Å². The Balaban J connectivity index is 1.85. The van der Waals surface area contributed by atoms with Crippen LogP contribution in [-0.4, -0.2) is 48.2 Å². The van der Waals surface area contributed by atoms with E-state index in [1.807, 2.05) is 43.7 Å². The Kier molecular flexibility index (Phi) is 8.54. The van der Waals surface area contributed by atoms with Crippen LogP contribution in [0.1, 0.15) is 61.4 Å². The molecule has 0 saturated heterocycles. The SMILES string of the molecule is CCCCCS(=O)(=O)NC(=O)c1ccc2nc(C)n(Cc3ccc(N(C)CCC)cc3Cl)c2n1. The van der Waals surface area contributed by atoms with Crippen LogP contribution in [0.15, 0.2) is 30.3 Å². The van der Waals surface area contributed by atoms with Crippen molar-refractivity contribution in [1.82, 2.24) is 19.3 Å². The summed E-state index contributed by atoms with van der Waals surface area (Å²) < 4.78 is 28.4. The number of aryl methyl sites for hydroxylation is 1. The lowest BCUT2D eigenvalue weighted by molar-refractivity contribution is 0.0977. The van der Waals surface area contributed by atoms with E-state index in [9.17, 15) is 13.2 Å². The van der Waals surface area contributed by atoms with E-state index in [-0.39, 0.29) is 11.4 Å². The number of carbonyl (C=O) groups is 1. The van der Waals surface area contributed by atoms with Gasteiger partial charge in [0.1, 0.15) is 17.0 Å². The molecule has 1 aromatic carbocycles. The Morgan fingerprint density at radius 3 is 2.56 bits per heavy atom. The third kappa shape index (κ3) is 6.27. The normalized spacial score (nSPS) is 11.7. The number of nitrogens with one attached hydrogen (secondary N) is 1. The maximum atomic E-state index is 12.6. The second-order valence-corrected chi connectivity index (χ2v) is 10.7. The molecular weight excluding hydrogens is 474 g/mol. The van der Waals surface area contributed by atoms with Crippen LogP contribution in [0.2, 0.25) is 5.02 Å². The number of anilines is 1. The summed E-state index contributed by atoms with van der Waals surface area (Å²) in [6.45, 7) is 7.33. The molecule has 34 heavy (non-hydrogen) atoms. The van der Waals surface area contributed by atoms with E-state index < -0.39 is 15.9 Å². The van der Waals surface area contributed by atoms with Gasteiger partial charge in [0.2, 0.25) is 10.0 Å². The first-order valence-electron chi connectivity index (χ1n) is 11.5. The van der Waals surface area contributed by atoms with Crippen molar-refractivity contribution < 1.29 is 13.2 Å². The smallest absolute Gasteiger partial charge is 0.283 e. The fraction of sp³-hybridized carbons (Fsp3) is 0.458. The number of nitrogens with zero attached hydrogens (tertiary/aromatic N) is 4. The Labute approximate surface area is 206 Å². The number of carbonyl (C=O) groups excluding carboxylic acids is 1. The van der Waals surface area contributed by atoms with E-state index >= 15 is 0 Å². The number of hydrogen-bond acceptors (Lipinski definition) is 6. The molecule has 0 aliphatic heterocycles. The number of imidazole rings is 1. The van der Waals surface area contributed by atoms with Crippen LogP contribution < -0.4 is 9.62 Å². The predicted molar refractivity (Wildman–Crippen MR) is 137 cm³/mol. The van der Waals surface area contributed by atoms with Gasteiger partial charge in [-0.25, -0.2) is 23.1 Å². The Morgan fingerprint density at radius 1 is 1.12 bits per heavy atom. The van der Waals surface area contributed by atoms with Crippen LogP contribution in [-0.2, 0) is 16.6 Å². The van der Waals surface area contributed by atoms with Crippen molar-refractivity contribution in [3.63, 3.8) is 0 Å². The van der Waals surface area contributed by atoms with E-state index in [1.165, 1.54) is 6.07 Å².